The summed E-state index contributed by atoms with van der Waals surface area (Å²) in [5.74, 6) is 0.145. The van der Waals surface area contributed by atoms with Crippen LogP contribution < -0.4 is 10.6 Å². The van der Waals surface area contributed by atoms with Gasteiger partial charge in [0.1, 0.15) is 11.5 Å². The number of aromatic nitrogens is 2. The van der Waals surface area contributed by atoms with Gasteiger partial charge in [-0.1, -0.05) is 6.42 Å². The van der Waals surface area contributed by atoms with Gasteiger partial charge in [-0.3, -0.25) is 9.78 Å². The van der Waals surface area contributed by atoms with Gasteiger partial charge in [0.15, 0.2) is 0 Å². The van der Waals surface area contributed by atoms with Crippen molar-refractivity contribution in [3.05, 3.63) is 18.1 Å². The fourth-order valence-electron chi connectivity index (χ4n) is 2.25. The van der Waals surface area contributed by atoms with Crippen molar-refractivity contribution in [1.29, 1.82) is 0 Å². The lowest BCUT2D eigenvalue weighted by molar-refractivity contribution is 0.0995. The Morgan fingerprint density at radius 3 is 2.79 bits per heavy atom. The molecule has 1 aliphatic heterocycles. The summed E-state index contributed by atoms with van der Waals surface area (Å²) in [6, 6.07) is 0. The highest BCUT2D eigenvalue weighted by molar-refractivity contribution is 5.90. The molecule has 2 rings (SSSR count). The van der Waals surface area contributed by atoms with E-state index in [0.29, 0.717) is 5.82 Å². The van der Waals surface area contributed by atoms with E-state index in [1.165, 1.54) is 38.5 Å². The summed E-state index contributed by atoms with van der Waals surface area (Å²) < 4.78 is 0. The molecule has 1 aliphatic rings. The Morgan fingerprint density at radius 1 is 1.37 bits per heavy atom. The van der Waals surface area contributed by atoms with E-state index in [0.717, 1.165) is 13.1 Å². The summed E-state index contributed by atoms with van der Waals surface area (Å²) in [6.45, 7) is 4.25. The molecule has 19 heavy (non-hydrogen) atoms. The summed E-state index contributed by atoms with van der Waals surface area (Å²) in [5.41, 5.74) is 5.42. The maximum absolute atomic E-state index is 11.1. The molecule has 1 aromatic rings. The first-order valence-corrected chi connectivity index (χ1v) is 6.72. The van der Waals surface area contributed by atoms with Crippen LogP contribution >= 0.6 is 0 Å². The molecule has 1 fully saturated rings. The molecule has 1 aromatic heterocycles. The molecule has 1 amide bonds. The van der Waals surface area contributed by atoms with Gasteiger partial charge in [-0.25, -0.2) is 4.98 Å². The third-order valence-electron chi connectivity index (χ3n) is 3.47. The van der Waals surface area contributed by atoms with E-state index in [2.05, 4.69) is 14.9 Å². The number of nitrogens with zero attached hydrogens (tertiary/aromatic N) is 4. The molecule has 2 N–H and O–H groups in total. The van der Waals surface area contributed by atoms with Gasteiger partial charge in [0.05, 0.1) is 12.4 Å². The molecule has 104 valence electrons. The third-order valence-corrected chi connectivity index (χ3v) is 3.47. The van der Waals surface area contributed by atoms with Crippen molar-refractivity contribution in [1.82, 2.24) is 14.9 Å². The molecule has 0 aliphatic carbocycles. The van der Waals surface area contributed by atoms with Gasteiger partial charge in [-0.05, 0) is 25.9 Å². The average Bonchev–Trinajstić information content (AvgIpc) is 2.46. The molecular formula is C13H21N5O. The summed E-state index contributed by atoms with van der Waals surface area (Å²) in [6.07, 6.45) is 6.98. The molecule has 6 nitrogen and oxygen atoms in total. The van der Waals surface area contributed by atoms with Gasteiger partial charge < -0.3 is 15.5 Å². The first kappa shape index (κ1) is 13.7. The minimum absolute atomic E-state index is 0.210. The predicted octanol–water partition coefficient (Wildman–Crippen LogP) is 0.498. The molecule has 1 saturated heterocycles. The number of piperidine rings is 1. The van der Waals surface area contributed by atoms with Crippen molar-refractivity contribution in [3.63, 3.8) is 0 Å². The molecule has 0 saturated carbocycles. The molecular weight excluding hydrogens is 242 g/mol. The number of primary amides is 1. The number of amides is 1. The van der Waals surface area contributed by atoms with Crippen LogP contribution in [0.5, 0.6) is 0 Å². The standard InChI is InChI=1S/C13H21N5O/c1-17(7-8-18-5-3-2-4-6-18)12-10-15-9-11(16-12)13(14)19/h9-10H,2-8H2,1H3,(H2,14,19). The second-order valence-corrected chi connectivity index (χ2v) is 4.95. The Morgan fingerprint density at radius 2 is 2.11 bits per heavy atom. The van der Waals surface area contributed by atoms with Crippen LogP contribution in [0.4, 0.5) is 5.82 Å². The number of likely N-dealkylation sites (N-methyl/N-ethyl adjacent to an activating group) is 1. The van der Waals surface area contributed by atoms with Gasteiger partial charge in [-0.15, -0.1) is 0 Å². The van der Waals surface area contributed by atoms with E-state index in [4.69, 9.17) is 5.73 Å². The Labute approximate surface area is 113 Å². The van der Waals surface area contributed by atoms with Crippen molar-refractivity contribution in [2.24, 2.45) is 5.73 Å². The Hall–Kier alpha value is -1.69. The maximum Gasteiger partial charge on any atom is 0.268 e. The number of anilines is 1. The fraction of sp³-hybridized carbons (Fsp3) is 0.615. The lowest BCUT2D eigenvalue weighted by Crippen LogP contribution is -2.37. The van der Waals surface area contributed by atoms with E-state index in [-0.39, 0.29) is 5.69 Å². The highest BCUT2D eigenvalue weighted by Gasteiger charge is 2.12. The molecule has 6 heteroatoms. The van der Waals surface area contributed by atoms with Crippen LogP contribution in [0.3, 0.4) is 0 Å². The number of hydrogen-bond donors (Lipinski definition) is 1. The van der Waals surface area contributed by atoms with Crippen LogP contribution in [0.1, 0.15) is 29.8 Å². The topological polar surface area (TPSA) is 75.3 Å². The van der Waals surface area contributed by atoms with Crippen LogP contribution in [0, 0.1) is 0 Å². The quantitative estimate of drug-likeness (QED) is 0.837. The minimum Gasteiger partial charge on any atom is -0.364 e. The lowest BCUT2D eigenvalue weighted by Gasteiger charge is -2.28. The van der Waals surface area contributed by atoms with Crippen molar-refractivity contribution in [2.45, 2.75) is 19.3 Å². The number of nitrogens with two attached hydrogens (primary N) is 1. The summed E-state index contributed by atoms with van der Waals surface area (Å²) >= 11 is 0. The monoisotopic (exact) mass is 263 g/mol. The van der Waals surface area contributed by atoms with Gasteiger partial charge in [0.2, 0.25) is 0 Å². The zero-order chi connectivity index (χ0) is 13.7. The highest BCUT2D eigenvalue weighted by Crippen LogP contribution is 2.10. The SMILES string of the molecule is CN(CCN1CCCCC1)c1cncc(C(N)=O)n1. The van der Waals surface area contributed by atoms with Gasteiger partial charge in [0.25, 0.3) is 5.91 Å². The number of likely N-dealkylation sites (tertiary alicyclic amines) is 1. The lowest BCUT2D eigenvalue weighted by atomic mass is 10.1. The fourth-order valence-corrected chi connectivity index (χ4v) is 2.25. The molecule has 0 spiro atoms. The van der Waals surface area contributed by atoms with E-state index in [1.54, 1.807) is 6.20 Å². The molecule has 0 aromatic carbocycles. The molecule has 0 atom stereocenters. The number of carbonyl (C=O) groups excluding carboxylic acids is 1. The Kier molecular flexibility index (Phi) is 4.68. The average molecular weight is 263 g/mol. The number of carbonyl (C=O) groups is 1. The Bertz CT molecular complexity index is 431. The predicted molar refractivity (Wildman–Crippen MR) is 74.1 cm³/mol. The van der Waals surface area contributed by atoms with Crippen molar-refractivity contribution >= 4 is 11.7 Å². The highest BCUT2D eigenvalue weighted by atomic mass is 16.1. The molecule has 0 bridgehead atoms. The summed E-state index contributed by atoms with van der Waals surface area (Å²) in [4.78, 5) is 23.8. The first-order valence-electron chi connectivity index (χ1n) is 6.72. The van der Waals surface area contributed by atoms with Gasteiger partial charge >= 0.3 is 0 Å². The summed E-state index contributed by atoms with van der Waals surface area (Å²) in [7, 11) is 1.96. The molecule has 0 radical (unpaired) electrons. The van der Waals surface area contributed by atoms with Crippen molar-refractivity contribution in [3.8, 4) is 0 Å². The van der Waals surface area contributed by atoms with Gasteiger partial charge in [0, 0.05) is 20.1 Å². The zero-order valence-electron chi connectivity index (χ0n) is 11.4. The Balaban J connectivity index is 1.89. The zero-order valence-corrected chi connectivity index (χ0v) is 11.4. The molecule has 2 heterocycles. The second kappa shape index (κ2) is 6.47. The van der Waals surface area contributed by atoms with Crippen LogP contribution in [0.2, 0.25) is 0 Å². The van der Waals surface area contributed by atoms with Crippen molar-refractivity contribution in [2.75, 3.05) is 38.1 Å². The maximum atomic E-state index is 11.1. The van der Waals surface area contributed by atoms with Crippen molar-refractivity contribution < 1.29 is 4.79 Å². The summed E-state index contributed by atoms with van der Waals surface area (Å²) in [5, 5.41) is 0. The van der Waals surface area contributed by atoms with Gasteiger partial charge in [-0.2, -0.15) is 0 Å². The van der Waals surface area contributed by atoms with Crippen LogP contribution in [-0.2, 0) is 0 Å². The normalized spacial score (nSPS) is 16.3. The minimum atomic E-state index is -0.543. The number of hydrogen-bond acceptors (Lipinski definition) is 5. The first-order chi connectivity index (χ1) is 9.16. The van der Waals surface area contributed by atoms with E-state index in [9.17, 15) is 4.79 Å². The van der Waals surface area contributed by atoms with E-state index in [1.807, 2.05) is 11.9 Å². The number of rotatable bonds is 5. The van der Waals surface area contributed by atoms with Crippen LogP contribution in [0.15, 0.2) is 12.4 Å². The third kappa shape index (κ3) is 3.89. The van der Waals surface area contributed by atoms with Crippen LogP contribution in [0.25, 0.3) is 0 Å². The van der Waals surface area contributed by atoms with E-state index < -0.39 is 5.91 Å². The smallest absolute Gasteiger partial charge is 0.268 e. The van der Waals surface area contributed by atoms with E-state index >= 15 is 0 Å². The molecule has 0 unspecified atom stereocenters. The van der Waals surface area contributed by atoms with Crippen LogP contribution in [-0.4, -0.2) is 54.0 Å². The second-order valence-electron chi connectivity index (χ2n) is 4.95. The largest absolute Gasteiger partial charge is 0.364 e.